The summed E-state index contributed by atoms with van der Waals surface area (Å²) in [5.74, 6) is -1.22. The smallest absolute Gasteiger partial charge is 0.310 e. The number of carbonyl (C=O) groups is 1. The molecule has 1 aliphatic rings. The molecule has 0 spiro atoms. The zero-order chi connectivity index (χ0) is 15.0. The number of fused-ring (bicyclic) bond motifs is 1. The molecule has 2 aromatic rings. The Morgan fingerprint density at radius 2 is 2.19 bits per heavy atom. The lowest BCUT2D eigenvalue weighted by Gasteiger charge is -2.26. The number of hydrogen-bond donors (Lipinski definition) is 2. The second-order valence-corrected chi connectivity index (χ2v) is 5.74. The summed E-state index contributed by atoms with van der Waals surface area (Å²) in [5.41, 5.74) is 3.48. The fraction of sp³-hybridized carbons (Fsp3) is 0.438. The first-order valence-corrected chi connectivity index (χ1v) is 7.15. The Morgan fingerprint density at radius 3 is 2.95 bits per heavy atom. The van der Waals surface area contributed by atoms with Gasteiger partial charge < -0.3 is 14.8 Å². The molecule has 2 heterocycles. The maximum Gasteiger partial charge on any atom is 0.310 e. The van der Waals surface area contributed by atoms with E-state index in [1.54, 1.807) is 0 Å². The van der Waals surface area contributed by atoms with E-state index in [-0.39, 0.29) is 6.04 Å². The maximum absolute atomic E-state index is 11.3. The van der Waals surface area contributed by atoms with Crippen molar-refractivity contribution in [3.63, 3.8) is 0 Å². The molecule has 21 heavy (non-hydrogen) atoms. The van der Waals surface area contributed by atoms with Crippen LogP contribution in [-0.4, -0.2) is 47.3 Å². The predicted molar refractivity (Wildman–Crippen MR) is 80.2 cm³/mol. The minimum absolute atomic E-state index is 0.0736. The zero-order valence-electron chi connectivity index (χ0n) is 12.3. The molecule has 0 saturated carbocycles. The zero-order valence-corrected chi connectivity index (χ0v) is 12.3. The fourth-order valence-corrected chi connectivity index (χ4v) is 3.12. The first-order valence-electron chi connectivity index (χ1n) is 7.15. The lowest BCUT2D eigenvalue weighted by Crippen LogP contribution is -2.40. The van der Waals surface area contributed by atoms with Crippen LogP contribution in [-0.2, 0) is 16.1 Å². The number of ether oxygens (including phenoxy) is 1. The number of carboxylic acid groups (broad SMARTS) is 1. The van der Waals surface area contributed by atoms with Crippen molar-refractivity contribution in [2.45, 2.75) is 19.5 Å². The number of carboxylic acids is 1. The minimum atomic E-state index is -0.778. The third kappa shape index (κ3) is 2.54. The fourth-order valence-electron chi connectivity index (χ4n) is 3.12. The van der Waals surface area contributed by atoms with Crippen LogP contribution in [0.15, 0.2) is 24.3 Å². The Morgan fingerprint density at radius 1 is 1.43 bits per heavy atom. The Labute approximate surface area is 123 Å². The standard InChI is InChI=1S/C16H20N2O3/c1-10-12(11-5-3-4-6-14(11)17-10)7-18(2)15-9-21-8-13(15)16(19)20/h3-6,13,15,17H,7-9H2,1-2H3,(H,19,20). The molecule has 2 N–H and O–H groups in total. The normalized spacial score (nSPS) is 22.2. The van der Waals surface area contributed by atoms with Gasteiger partial charge in [-0.05, 0) is 25.6 Å². The van der Waals surface area contributed by atoms with Gasteiger partial charge in [-0.1, -0.05) is 18.2 Å². The summed E-state index contributed by atoms with van der Waals surface area (Å²) in [6, 6.07) is 8.12. The molecule has 1 saturated heterocycles. The number of aromatic nitrogens is 1. The van der Waals surface area contributed by atoms with Gasteiger partial charge in [-0.25, -0.2) is 0 Å². The van der Waals surface area contributed by atoms with Crippen LogP contribution < -0.4 is 0 Å². The van der Waals surface area contributed by atoms with E-state index in [4.69, 9.17) is 4.74 Å². The van der Waals surface area contributed by atoms with Crippen LogP contribution in [0.25, 0.3) is 10.9 Å². The van der Waals surface area contributed by atoms with Crippen molar-refractivity contribution >= 4 is 16.9 Å². The van der Waals surface area contributed by atoms with Crippen molar-refractivity contribution in [2.24, 2.45) is 5.92 Å². The number of aliphatic carboxylic acids is 1. The molecule has 5 nitrogen and oxygen atoms in total. The number of H-pyrrole nitrogens is 1. The molecule has 0 bridgehead atoms. The van der Waals surface area contributed by atoms with Gasteiger partial charge in [-0.3, -0.25) is 9.69 Å². The van der Waals surface area contributed by atoms with Crippen LogP contribution in [0.3, 0.4) is 0 Å². The number of rotatable bonds is 4. The highest BCUT2D eigenvalue weighted by Gasteiger charge is 2.36. The second-order valence-electron chi connectivity index (χ2n) is 5.74. The monoisotopic (exact) mass is 288 g/mol. The SMILES string of the molecule is Cc1[nH]c2ccccc2c1CN(C)C1COCC1C(=O)O. The van der Waals surface area contributed by atoms with Crippen molar-refractivity contribution in [3.8, 4) is 0 Å². The summed E-state index contributed by atoms with van der Waals surface area (Å²) in [6.07, 6.45) is 0. The quantitative estimate of drug-likeness (QED) is 0.903. The van der Waals surface area contributed by atoms with Gasteiger partial charge in [0.05, 0.1) is 19.1 Å². The number of para-hydroxylation sites is 1. The lowest BCUT2D eigenvalue weighted by atomic mass is 10.0. The number of nitrogens with zero attached hydrogens (tertiary/aromatic N) is 1. The van der Waals surface area contributed by atoms with E-state index in [1.165, 1.54) is 10.9 Å². The Hall–Kier alpha value is -1.85. The summed E-state index contributed by atoms with van der Waals surface area (Å²) >= 11 is 0. The second kappa shape index (κ2) is 5.50. The van der Waals surface area contributed by atoms with Gasteiger partial charge in [0, 0.05) is 29.2 Å². The highest BCUT2D eigenvalue weighted by atomic mass is 16.5. The van der Waals surface area contributed by atoms with Gasteiger partial charge in [0.1, 0.15) is 0 Å². The minimum Gasteiger partial charge on any atom is -0.481 e. The highest BCUT2D eigenvalue weighted by Crippen LogP contribution is 2.26. The van der Waals surface area contributed by atoms with Crippen LogP contribution in [0.5, 0.6) is 0 Å². The predicted octanol–water partition coefficient (Wildman–Crippen LogP) is 2.01. The third-order valence-electron chi connectivity index (χ3n) is 4.37. The van der Waals surface area contributed by atoms with Crippen LogP contribution >= 0.6 is 0 Å². The molecule has 1 aliphatic heterocycles. The van der Waals surface area contributed by atoms with Gasteiger partial charge in [0.15, 0.2) is 0 Å². The molecular formula is C16H20N2O3. The number of benzene rings is 1. The van der Waals surface area contributed by atoms with Crippen LogP contribution in [0.4, 0.5) is 0 Å². The third-order valence-corrected chi connectivity index (χ3v) is 4.37. The number of aromatic amines is 1. The molecule has 1 aromatic heterocycles. The van der Waals surface area contributed by atoms with Crippen molar-refractivity contribution in [2.75, 3.05) is 20.3 Å². The number of hydrogen-bond acceptors (Lipinski definition) is 3. The molecular weight excluding hydrogens is 268 g/mol. The molecule has 0 radical (unpaired) electrons. The molecule has 5 heteroatoms. The highest BCUT2D eigenvalue weighted by molar-refractivity contribution is 5.84. The average molecular weight is 288 g/mol. The van der Waals surface area contributed by atoms with Crippen LogP contribution in [0.1, 0.15) is 11.3 Å². The molecule has 1 fully saturated rings. The number of likely N-dealkylation sites (N-methyl/N-ethyl adjacent to an activating group) is 1. The summed E-state index contributed by atoms with van der Waals surface area (Å²) < 4.78 is 5.36. The van der Waals surface area contributed by atoms with E-state index in [1.807, 2.05) is 19.2 Å². The van der Waals surface area contributed by atoms with Gasteiger partial charge >= 0.3 is 5.97 Å². The number of aryl methyl sites for hydroxylation is 1. The Balaban J connectivity index is 1.85. The average Bonchev–Trinajstić information content (AvgIpc) is 3.04. The van der Waals surface area contributed by atoms with E-state index in [2.05, 4.69) is 28.9 Å². The maximum atomic E-state index is 11.3. The van der Waals surface area contributed by atoms with E-state index in [9.17, 15) is 9.90 Å². The molecule has 1 aromatic carbocycles. The van der Waals surface area contributed by atoms with Gasteiger partial charge in [0.2, 0.25) is 0 Å². The molecule has 3 rings (SSSR count). The first-order chi connectivity index (χ1) is 10.1. The van der Waals surface area contributed by atoms with Crippen molar-refractivity contribution in [1.82, 2.24) is 9.88 Å². The van der Waals surface area contributed by atoms with Crippen LogP contribution in [0, 0.1) is 12.8 Å². The molecule has 0 amide bonds. The summed E-state index contributed by atoms with van der Waals surface area (Å²) in [7, 11) is 1.97. The van der Waals surface area contributed by atoms with Gasteiger partial charge in [0.25, 0.3) is 0 Å². The summed E-state index contributed by atoms with van der Waals surface area (Å²) in [6.45, 7) is 3.56. The topological polar surface area (TPSA) is 65.6 Å². The van der Waals surface area contributed by atoms with E-state index in [0.717, 1.165) is 11.2 Å². The first kappa shape index (κ1) is 14.1. The molecule has 0 aliphatic carbocycles. The lowest BCUT2D eigenvalue weighted by molar-refractivity contribution is -0.143. The summed E-state index contributed by atoms with van der Waals surface area (Å²) in [4.78, 5) is 16.8. The van der Waals surface area contributed by atoms with E-state index < -0.39 is 11.9 Å². The summed E-state index contributed by atoms with van der Waals surface area (Å²) in [5, 5.41) is 10.5. The molecule has 2 unspecified atom stereocenters. The van der Waals surface area contributed by atoms with E-state index >= 15 is 0 Å². The Bertz CT molecular complexity index is 665. The van der Waals surface area contributed by atoms with Gasteiger partial charge in [-0.15, -0.1) is 0 Å². The van der Waals surface area contributed by atoms with Gasteiger partial charge in [-0.2, -0.15) is 0 Å². The van der Waals surface area contributed by atoms with Crippen LogP contribution in [0.2, 0.25) is 0 Å². The van der Waals surface area contributed by atoms with Crippen molar-refractivity contribution in [3.05, 3.63) is 35.5 Å². The molecule has 112 valence electrons. The largest absolute Gasteiger partial charge is 0.481 e. The number of nitrogens with one attached hydrogen (secondary N) is 1. The van der Waals surface area contributed by atoms with Crippen molar-refractivity contribution < 1.29 is 14.6 Å². The molecule has 2 atom stereocenters. The van der Waals surface area contributed by atoms with E-state index in [0.29, 0.717) is 19.8 Å². The van der Waals surface area contributed by atoms with Crippen molar-refractivity contribution in [1.29, 1.82) is 0 Å². The Kier molecular flexibility index (Phi) is 3.69.